The lowest BCUT2D eigenvalue weighted by molar-refractivity contribution is -0.136. The van der Waals surface area contributed by atoms with Gasteiger partial charge >= 0.3 is 0 Å². The summed E-state index contributed by atoms with van der Waals surface area (Å²) in [5.74, 6) is 0.563. The van der Waals surface area contributed by atoms with E-state index >= 15 is 0 Å². The van der Waals surface area contributed by atoms with Crippen LogP contribution in [-0.4, -0.2) is 47.6 Å². The highest BCUT2D eigenvalue weighted by atomic mass is 16.3. The van der Waals surface area contributed by atoms with E-state index in [1.165, 1.54) is 0 Å². The summed E-state index contributed by atoms with van der Waals surface area (Å²) >= 11 is 0. The quantitative estimate of drug-likeness (QED) is 0.764. The van der Waals surface area contributed by atoms with E-state index in [1.54, 1.807) is 0 Å². The molecule has 0 aromatic carbocycles. The van der Waals surface area contributed by atoms with Gasteiger partial charge in [0.05, 0.1) is 12.6 Å². The van der Waals surface area contributed by atoms with Gasteiger partial charge in [0, 0.05) is 24.9 Å². The first-order chi connectivity index (χ1) is 9.15. The molecule has 2 rings (SSSR count). The summed E-state index contributed by atoms with van der Waals surface area (Å²) in [5.41, 5.74) is 0. The number of rotatable bonds is 5. The minimum atomic E-state index is -0.140. The van der Waals surface area contributed by atoms with E-state index in [1.807, 2.05) is 11.8 Å². The molecule has 1 heterocycles. The number of likely N-dealkylation sites (tertiary alicyclic amines) is 1. The highest BCUT2D eigenvalue weighted by Gasteiger charge is 2.36. The predicted octanol–water partition coefficient (Wildman–Crippen LogP) is 0.522. The van der Waals surface area contributed by atoms with Crippen LogP contribution in [0.25, 0.3) is 0 Å². The zero-order valence-electron chi connectivity index (χ0n) is 11.6. The van der Waals surface area contributed by atoms with Crippen molar-refractivity contribution in [3.8, 4) is 0 Å². The van der Waals surface area contributed by atoms with Crippen molar-refractivity contribution in [1.82, 2.24) is 10.2 Å². The normalized spacial score (nSPS) is 22.1. The van der Waals surface area contributed by atoms with Crippen molar-refractivity contribution in [1.29, 1.82) is 0 Å². The molecule has 5 heteroatoms. The molecule has 0 radical (unpaired) electrons. The third-order valence-corrected chi connectivity index (χ3v) is 4.16. The highest BCUT2D eigenvalue weighted by Crippen LogP contribution is 2.32. The van der Waals surface area contributed by atoms with Crippen LogP contribution in [0.15, 0.2) is 0 Å². The Hall–Kier alpha value is -1.10. The molecule has 0 spiro atoms. The molecule has 1 saturated carbocycles. The van der Waals surface area contributed by atoms with Gasteiger partial charge < -0.3 is 15.3 Å². The molecule has 0 aromatic heterocycles. The van der Waals surface area contributed by atoms with E-state index in [-0.39, 0.29) is 36.3 Å². The lowest BCUT2D eigenvalue weighted by Crippen LogP contribution is -2.46. The molecule has 1 aliphatic heterocycles. The zero-order chi connectivity index (χ0) is 13.8. The second kappa shape index (κ2) is 6.37. The van der Waals surface area contributed by atoms with E-state index in [4.69, 9.17) is 5.11 Å². The molecule has 0 unspecified atom stereocenters. The predicted molar refractivity (Wildman–Crippen MR) is 71.3 cm³/mol. The number of hydrogen-bond donors (Lipinski definition) is 2. The molecule has 1 aliphatic carbocycles. The van der Waals surface area contributed by atoms with Gasteiger partial charge in [0.25, 0.3) is 0 Å². The molecule has 2 amide bonds. The summed E-state index contributed by atoms with van der Waals surface area (Å²) < 4.78 is 0. The van der Waals surface area contributed by atoms with E-state index in [0.717, 1.165) is 32.1 Å². The second-order valence-corrected chi connectivity index (χ2v) is 5.67. The SMILES string of the molecule is CC[C@@H](CO)NC(=O)C1CCN(C(=O)C2CC2)CC1. The van der Waals surface area contributed by atoms with Crippen molar-refractivity contribution in [3.63, 3.8) is 0 Å². The Bertz CT molecular complexity index is 330. The summed E-state index contributed by atoms with van der Waals surface area (Å²) in [6.07, 6.45) is 4.29. The van der Waals surface area contributed by atoms with Gasteiger partial charge in [-0.2, -0.15) is 0 Å². The maximum absolute atomic E-state index is 12.0. The summed E-state index contributed by atoms with van der Waals surface area (Å²) in [4.78, 5) is 25.8. The van der Waals surface area contributed by atoms with Crippen LogP contribution in [0.4, 0.5) is 0 Å². The molecule has 1 saturated heterocycles. The van der Waals surface area contributed by atoms with Crippen molar-refractivity contribution in [2.24, 2.45) is 11.8 Å². The van der Waals surface area contributed by atoms with Crippen LogP contribution in [0.2, 0.25) is 0 Å². The molecular weight excluding hydrogens is 244 g/mol. The Morgan fingerprint density at radius 2 is 1.84 bits per heavy atom. The summed E-state index contributed by atoms with van der Waals surface area (Å²) in [5, 5.41) is 12.0. The van der Waals surface area contributed by atoms with E-state index in [0.29, 0.717) is 13.1 Å². The fourth-order valence-electron chi connectivity index (χ4n) is 2.55. The number of hydrogen-bond acceptors (Lipinski definition) is 3. The van der Waals surface area contributed by atoms with Crippen molar-refractivity contribution in [3.05, 3.63) is 0 Å². The van der Waals surface area contributed by atoms with Crippen molar-refractivity contribution in [2.75, 3.05) is 19.7 Å². The van der Waals surface area contributed by atoms with Gasteiger partial charge in [-0.3, -0.25) is 9.59 Å². The fourth-order valence-corrected chi connectivity index (χ4v) is 2.55. The zero-order valence-corrected chi connectivity index (χ0v) is 11.6. The topological polar surface area (TPSA) is 69.6 Å². The Morgan fingerprint density at radius 3 is 2.32 bits per heavy atom. The average Bonchev–Trinajstić information content (AvgIpc) is 3.28. The molecule has 2 N–H and O–H groups in total. The van der Waals surface area contributed by atoms with Gasteiger partial charge in [-0.05, 0) is 32.1 Å². The number of carbonyl (C=O) groups is 2. The van der Waals surface area contributed by atoms with Gasteiger partial charge in [0.1, 0.15) is 0 Å². The molecule has 5 nitrogen and oxygen atoms in total. The Labute approximate surface area is 114 Å². The minimum Gasteiger partial charge on any atom is -0.394 e. The average molecular weight is 268 g/mol. The van der Waals surface area contributed by atoms with Crippen LogP contribution < -0.4 is 5.32 Å². The lowest BCUT2D eigenvalue weighted by atomic mass is 9.95. The molecule has 19 heavy (non-hydrogen) atoms. The Balaban J connectivity index is 1.75. The number of nitrogens with one attached hydrogen (secondary N) is 1. The van der Waals surface area contributed by atoms with Crippen LogP contribution in [0.1, 0.15) is 39.0 Å². The van der Waals surface area contributed by atoms with Crippen molar-refractivity contribution >= 4 is 11.8 Å². The van der Waals surface area contributed by atoms with Gasteiger partial charge in [-0.15, -0.1) is 0 Å². The lowest BCUT2D eigenvalue weighted by Gasteiger charge is -2.32. The maximum Gasteiger partial charge on any atom is 0.225 e. The van der Waals surface area contributed by atoms with Gasteiger partial charge in [0.15, 0.2) is 0 Å². The summed E-state index contributed by atoms with van der Waals surface area (Å²) in [6, 6.07) is -0.140. The van der Waals surface area contributed by atoms with E-state index in [2.05, 4.69) is 5.32 Å². The molecule has 2 fully saturated rings. The van der Waals surface area contributed by atoms with Crippen molar-refractivity contribution in [2.45, 2.75) is 45.1 Å². The Morgan fingerprint density at radius 1 is 1.21 bits per heavy atom. The third-order valence-electron chi connectivity index (χ3n) is 4.16. The maximum atomic E-state index is 12.0. The molecular formula is C14H24N2O3. The third kappa shape index (κ3) is 3.69. The largest absolute Gasteiger partial charge is 0.394 e. The smallest absolute Gasteiger partial charge is 0.225 e. The minimum absolute atomic E-state index is 0.0103. The monoisotopic (exact) mass is 268 g/mol. The first kappa shape index (κ1) is 14.3. The summed E-state index contributed by atoms with van der Waals surface area (Å²) in [6.45, 7) is 3.33. The van der Waals surface area contributed by atoms with Gasteiger partial charge in [-0.25, -0.2) is 0 Å². The van der Waals surface area contributed by atoms with E-state index in [9.17, 15) is 9.59 Å². The van der Waals surface area contributed by atoms with Gasteiger partial charge in [-0.1, -0.05) is 6.92 Å². The van der Waals surface area contributed by atoms with Crippen molar-refractivity contribution < 1.29 is 14.7 Å². The number of carbonyl (C=O) groups excluding carboxylic acids is 2. The number of piperidine rings is 1. The molecule has 0 aromatic rings. The van der Waals surface area contributed by atoms with Crippen LogP contribution in [0, 0.1) is 11.8 Å². The molecule has 2 aliphatic rings. The van der Waals surface area contributed by atoms with E-state index < -0.39 is 0 Å². The summed E-state index contributed by atoms with van der Waals surface area (Å²) in [7, 11) is 0. The first-order valence-electron chi connectivity index (χ1n) is 7.35. The van der Waals surface area contributed by atoms with Gasteiger partial charge in [0.2, 0.25) is 11.8 Å². The number of amides is 2. The number of aliphatic hydroxyl groups excluding tert-OH is 1. The van der Waals surface area contributed by atoms with Crippen LogP contribution >= 0.6 is 0 Å². The highest BCUT2D eigenvalue weighted by molar-refractivity contribution is 5.82. The molecule has 0 bridgehead atoms. The molecule has 1 atom stereocenters. The second-order valence-electron chi connectivity index (χ2n) is 5.67. The van der Waals surface area contributed by atoms with Crippen LogP contribution in [0.5, 0.6) is 0 Å². The van der Waals surface area contributed by atoms with Crippen LogP contribution in [0.3, 0.4) is 0 Å². The number of nitrogens with zero attached hydrogens (tertiary/aromatic N) is 1. The first-order valence-corrected chi connectivity index (χ1v) is 7.35. The number of aliphatic hydroxyl groups is 1. The van der Waals surface area contributed by atoms with Crippen LogP contribution in [-0.2, 0) is 9.59 Å². The standard InChI is InChI=1S/C14H24N2O3/c1-2-12(9-17)15-13(18)10-5-7-16(8-6-10)14(19)11-3-4-11/h10-12,17H,2-9H2,1H3,(H,15,18)/t12-/m0/s1. The molecule has 108 valence electrons. The fraction of sp³-hybridized carbons (Fsp3) is 0.857. The Kier molecular flexibility index (Phi) is 4.80.